The van der Waals surface area contributed by atoms with E-state index in [0.29, 0.717) is 11.3 Å². The highest BCUT2D eigenvalue weighted by Crippen LogP contribution is 2.46. The van der Waals surface area contributed by atoms with Gasteiger partial charge in [-0.3, -0.25) is 4.79 Å². The summed E-state index contributed by atoms with van der Waals surface area (Å²) in [5.41, 5.74) is 1.05. The lowest BCUT2D eigenvalue weighted by molar-refractivity contribution is 0.0924. The standard InChI is InChI=1S/C18H22FN5O/c1-12-16(22-23-24(12)13-6-10-20-11-7-13)17(25)21-18(8-9-18)14-4-2-3-5-15(14)19/h2-5,13,20H,6-11H2,1H3,(H,21,25). The van der Waals surface area contributed by atoms with E-state index < -0.39 is 5.54 Å². The number of hydrogen-bond donors (Lipinski definition) is 2. The Kier molecular flexibility index (Phi) is 4.03. The summed E-state index contributed by atoms with van der Waals surface area (Å²) in [6.45, 7) is 3.77. The van der Waals surface area contributed by atoms with Crippen LogP contribution in [0.25, 0.3) is 0 Å². The maximum atomic E-state index is 14.1. The fourth-order valence-corrected chi connectivity index (χ4v) is 3.66. The number of amides is 1. The summed E-state index contributed by atoms with van der Waals surface area (Å²) in [5.74, 6) is -0.561. The van der Waals surface area contributed by atoms with E-state index >= 15 is 0 Å². The first kappa shape index (κ1) is 16.2. The summed E-state index contributed by atoms with van der Waals surface area (Å²) in [6, 6.07) is 6.90. The van der Waals surface area contributed by atoms with Crippen LogP contribution in [0, 0.1) is 12.7 Å². The molecule has 0 bridgehead atoms. The summed E-state index contributed by atoms with van der Waals surface area (Å²) in [5, 5.41) is 14.6. The van der Waals surface area contributed by atoms with Crippen LogP contribution >= 0.6 is 0 Å². The quantitative estimate of drug-likeness (QED) is 0.891. The average Bonchev–Trinajstić information content (AvgIpc) is 3.29. The maximum Gasteiger partial charge on any atom is 0.274 e. The van der Waals surface area contributed by atoms with Crippen LogP contribution in [0.5, 0.6) is 0 Å². The van der Waals surface area contributed by atoms with Crippen molar-refractivity contribution in [3.63, 3.8) is 0 Å². The first-order chi connectivity index (χ1) is 12.1. The van der Waals surface area contributed by atoms with Gasteiger partial charge in [0.1, 0.15) is 5.82 Å². The molecule has 1 amide bonds. The van der Waals surface area contributed by atoms with Crippen molar-refractivity contribution in [1.82, 2.24) is 25.6 Å². The zero-order valence-corrected chi connectivity index (χ0v) is 14.3. The van der Waals surface area contributed by atoms with E-state index in [1.807, 2.05) is 11.6 Å². The predicted molar refractivity (Wildman–Crippen MR) is 90.7 cm³/mol. The van der Waals surface area contributed by atoms with Crippen LogP contribution in [-0.2, 0) is 5.54 Å². The van der Waals surface area contributed by atoms with Gasteiger partial charge in [-0.2, -0.15) is 0 Å². The Balaban J connectivity index is 1.54. The van der Waals surface area contributed by atoms with E-state index in [2.05, 4.69) is 20.9 Å². The van der Waals surface area contributed by atoms with Gasteiger partial charge >= 0.3 is 0 Å². The highest BCUT2D eigenvalue weighted by atomic mass is 19.1. The topological polar surface area (TPSA) is 71.8 Å². The molecule has 7 heteroatoms. The van der Waals surface area contributed by atoms with Crippen molar-refractivity contribution in [1.29, 1.82) is 0 Å². The van der Waals surface area contributed by atoms with Crippen LogP contribution in [-0.4, -0.2) is 34.0 Å². The van der Waals surface area contributed by atoms with Gasteiger partial charge in [0.05, 0.1) is 17.3 Å². The van der Waals surface area contributed by atoms with E-state index in [-0.39, 0.29) is 17.8 Å². The van der Waals surface area contributed by atoms with Gasteiger partial charge in [0.15, 0.2) is 5.69 Å². The van der Waals surface area contributed by atoms with Crippen molar-refractivity contribution in [2.24, 2.45) is 0 Å². The van der Waals surface area contributed by atoms with Gasteiger partial charge < -0.3 is 10.6 Å². The number of hydrogen-bond acceptors (Lipinski definition) is 4. The van der Waals surface area contributed by atoms with E-state index in [4.69, 9.17) is 0 Å². The minimum Gasteiger partial charge on any atom is -0.341 e. The van der Waals surface area contributed by atoms with Gasteiger partial charge in [-0.05, 0) is 51.8 Å². The molecule has 1 saturated heterocycles. The van der Waals surface area contributed by atoms with Crippen LogP contribution in [0.3, 0.4) is 0 Å². The summed E-state index contributed by atoms with van der Waals surface area (Å²) < 4.78 is 16.0. The van der Waals surface area contributed by atoms with E-state index in [0.717, 1.165) is 44.5 Å². The molecule has 2 aromatic rings. The molecule has 25 heavy (non-hydrogen) atoms. The van der Waals surface area contributed by atoms with Crippen molar-refractivity contribution in [3.05, 3.63) is 47.0 Å². The zero-order valence-electron chi connectivity index (χ0n) is 14.3. The molecule has 0 unspecified atom stereocenters. The second-order valence-corrected chi connectivity index (χ2v) is 6.97. The van der Waals surface area contributed by atoms with Crippen LogP contribution < -0.4 is 10.6 Å². The monoisotopic (exact) mass is 343 g/mol. The van der Waals surface area contributed by atoms with E-state index in [1.54, 1.807) is 18.2 Å². The molecule has 4 rings (SSSR count). The summed E-state index contributed by atoms with van der Waals surface area (Å²) in [6.07, 6.45) is 3.43. The average molecular weight is 343 g/mol. The van der Waals surface area contributed by atoms with Crippen LogP contribution in [0.2, 0.25) is 0 Å². The highest BCUT2D eigenvalue weighted by Gasteiger charge is 2.47. The molecule has 2 N–H and O–H groups in total. The lowest BCUT2D eigenvalue weighted by Crippen LogP contribution is -2.36. The molecule has 0 radical (unpaired) electrons. The summed E-state index contributed by atoms with van der Waals surface area (Å²) >= 11 is 0. The number of carbonyl (C=O) groups is 1. The Morgan fingerprint density at radius 2 is 2.04 bits per heavy atom. The molecular formula is C18H22FN5O. The third-order valence-corrected chi connectivity index (χ3v) is 5.29. The van der Waals surface area contributed by atoms with Gasteiger partial charge in [0, 0.05) is 5.56 Å². The third-order valence-electron chi connectivity index (χ3n) is 5.29. The summed E-state index contributed by atoms with van der Waals surface area (Å²) in [4.78, 5) is 12.7. The fraction of sp³-hybridized carbons (Fsp3) is 0.500. The normalized spacial score (nSPS) is 19.6. The molecule has 1 aliphatic heterocycles. The van der Waals surface area contributed by atoms with Crippen molar-refractivity contribution >= 4 is 5.91 Å². The van der Waals surface area contributed by atoms with Gasteiger partial charge in [-0.25, -0.2) is 9.07 Å². The Hall–Kier alpha value is -2.28. The van der Waals surface area contributed by atoms with Gasteiger partial charge in [0.2, 0.25) is 0 Å². The number of aromatic nitrogens is 3. The largest absolute Gasteiger partial charge is 0.341 e. The lowest BCUT2D eigenvalue weighted by atomic mass is 10.0. The van der Waals surface area contributed by atoms with Crippen molar-refractivity contribution < 1.29 is 9.18 Å². The summed E-state index contributed by atoms with van der Waals surface area (Å²) in [7, 11) is 0. The second-order valence-electron chi connectivity index (χ2n) is 6.97. The first-order valence-electron chi connectivity index (χ1n) is 8.81. The first-order valence-corrected chi connectivity index (χ1v) is 8.81. The smallest absolute Gasteiger partial charge is 0.274 e. The maximum absolute atomic E-state index is 14.1. The minimum absolute atomic E-state index is 0.275. The van der Waals surface area contributed by atoms with Crippen molar-refractivity contribution in [2.75, 3.05) is 13.1 Å². The lowest BCUT2D eigenvalue weighted by Gasteiger charge is -2.23. The number of benzene rings is 1. The Bertz CT molecular complexity index is 793. The number of nitrogens with zero attached hydrogens (tertiary/aromatic N) is 3. The second kappa shape index (κ2) is 6.22. The molecule has 1 aliphatic carbocycles. The molecule has 1 aromatic heterocycles. The predicted octanol–water partition coefficient (Wildman–Crippen LogP) is 2.07. The van der Waals surface area contributed by atoms with Crippen LogP contribution in [0.4, 0.5) is 4.39 Å². The fourth-order valence-electron chi connectivity index (χ4n) is 3.66. The number of carbonyl (C=O) groups excluding carboxylic acids is 1. The molecule has 132 valence electrons. The molecule has 0 spiro atoms. The molecular weight excluding hydrogens is 321 g/mol. The van der Waals surface area contributed by atoms with Gasteiger partial charge in [-0.15, -0.1) is 5.10 Å². The van der Waals surface area contributed by atoms with Gasteiger partial charge in [0.25, 0.3) is 5.91 Å². The van der Waals surface area contributed by atoms with Crippen molar-refractivity contribution in [2.45, 2.75) is 44.2 Å². The minimum atomic E-state index is -0.604. The molecule has 2 heterocycles. The highest BCUT2D eigenvalue weighted by molar-refractivity contribution is 5.94. The van der Waals surface area contributed by atoms with Gasteiger partial charge in [-0.1, -0.05) is 23.4 Å². The Labute approximate surface area is 145 Å². The molecule has 1 saturated carbocycles. The SMILES string of the molecule is Cc1c(C(=O)NC2(c3ccccc3F)CC2)nnn1C1CCNCC1. The van der Waals surface area contributed by atoms with Crippen LogP contribution in [0.1, 0.15) is 53.5 Å². The van der Waals surface area contributed by atoms with Crippen molar-refractivity contribution in [3.8, 4) is 0 Å². The number of rotatable bonds is 4. The molecule has 2 fully saturated rings. The number of halogens is 1. The molecule has 1 aromatic carbocycles. The van der Waals surface area contributed by atoms with E-state index in [1.165, 1.54) is 6.07 Å². The molecule has 0 atom stereocenters. The van der Waals surface area contributed by atoms with Crippen LogP contribution in [0.15, 0.2) is 24.3 Å². The Morgan fingerprint density at radius 1 is 1.32 bits per heavy atom. The van der Waals surface area contributed by atoms with E-state index in [9.17, 15) is 9.18 Å². The number of piperidine rings is 1. The zero-order chi connectivity index (χ0) is 17.4. The number of nitrogens with one attached hydrogen (secondary N) is 2. The Morgan fingerprint density at radius 3 is 2.72 bits per heavy atom. The molecule has 6 nitrogen and oxygen atoms in total. The molecule has 2 aliphatic rings. The third kappa shape index (κ3) is 2.93.